The summed E-state index contributed by atoms with van der Waals surface area (Å²) < 4.78 is 0. The van der Waals surface area contributed by atoms with Gasteiger partial charge < -0.3 is 5.32 Å². The van der Waals surface area contributed by atoms with Crippen LogP contribution in [0.2, 0.25) is 0 Å². The van der Waals surface area contributed by atoms with E-state index in [4.69, 9.17) is 4.98 Å². The minimum Gasteiger partial charge on any atom is -0.326 e. The van der Waals surface area contributed by atoms with E-state index >= 15 is 0 Å². The summed E-state index contributed by atoms with van der Waals surface area (Å²) in [5, 5.41) is 13.2. The van der Waals surface area contributed by atoms with Gasteiger partial charge in [0.15, 0.2) is 0 Å². The lowest BCUT2D eigenvalue weighted by Crippen LogP contribution is -2.15. The fraction of sp³-hybridized carbons (Fsp3) is 0.409. The molecular weight excluding hydrogens is 354 g/mol. The molecule has 2 aromatic rings. The third-order valence-corrected chi connectivity index (χ3v) is 5.95. The molecule has 1 unspecified atom stereocenters. The summed E-state index contributed by atoms with van der Waals surface area (Å²) in [4.78, 5) is 17.0. The fourth-order valence-electron chi connectivity index (χ4n) is 3.34. The second-order valence-corrected chi connectivity index (χ2v) is 8.46. The topological polar surface area (TPSA) is 65.8 Å². The SMILES string of the molecule is Cc1ccc(C)c(NC(=O)CCSc2nc3c(cc2C#N)CC(C)CC3)c1. The van der Waals surface area contributed by atoms with Gasteiger partial charge in [-0.05, 0) is 67.9 Å². The predicted molar refractivity (Wildman–Crippen MR) is 110 cm³/mol. The van der Waals surface area contributed by atoms with Gasteiger partial charge in [-0.15, -0.1) is 11.8 Å². The quantitative estimate of drug-likeness (QED) is 0.757. The number of nitrogens with one attached hydrogen (secondary N) is 1. The number of aromatic nitrogens is 1. The molecule has 1 aromatic carbocycles. The Balaban J connectivity index is 1.61. The Bertz CT molecular complexity index is 901. The van der Waals surface area contributed by atoms with E-state index in [1.54, 1.807) is 0 Å². The maximum atomic E-state index is 12.3. The molecule has 0 radical (unpaired) electrons. The van der Waals surface area contributed by atoms with Gasteiger partial charge in [-0.1, -0.05) is 19.1 Å². The van der Waals surface area contributed by atoms with Crippen molar-refractivity contribution < 1.29 is 4.79 Å². The number of fused-ring (bicyclic) bond motifs is 1. The molecule has 0 fully saturated rings. The molecule has 1 N–H and O–H groups in total. The first kappa shape index (κ1) is 19.4. The van der Waals surface area contributed by atoms with Crippen LogP contribution in [0.25, 0.3) is 0 Å². The number of pyridine rings is 1. The number of carbonyl (C=O) groups excluding carboxylic acids is 1. The van der Waals surface area contributed by atoms with Crippen molar-refractivity contribution in [1.82, 2.24) is 4.98 Å². The molecule has 0 aliphatic heterocycles. The summed E-state index contributed by atoms with van der Waals surface area (Å²) in [6.45, 7) is 6.24. The molecule has 0 bridgehead atoms. The highest BCUT2D eigenvalue weighted by atomic mass is 32.2. The zero-order chi connectivity index (χ0) is 19.4. The molecule has 1 aliphatic rings. The normalized spacial score (nSPS) is 15.7. The summed E-state index contributed by atoms with van der Waals surface area (Å²) in [6, 6.07) is 10.3. The molecule has 3 rings (SSSR count). The average molecular weight is 380 g/mol. The summed E-state index contributed by atoms with van der Waals surface area (Å²) >= 11 is 1.50. The Morgan fingerprint density at radius 1 is 1.37 bits per heavy atom. The van der Waals surface area contributed by atoms with Crippen molar-refractivity contribution in [2.75, 3.05) is 11.1 Å². The van der Waals surface area contributed by atoms with Crippen molar-refractivity contribution in [2.45, 2.75) is 51.5 Å². The van der Waals surface area contributed by atoms with Crippen LogP contribution < -0.4 is 5.32 Å². The summed E-state index contributed by atoms with van der Waals surface area (Å²) in [5.74, 6) is 1.24. The molecule has 0 saturated carbocycles. The lowest BCUT2D eigenvalue weighted by Gasteiger charge is -2.21. The Morgan fingerprint density at radius 2 is 2.19 bits per heavy atom. The van der Waals surface area contributed by atoms with E-state index in [1.807, 2.05) is 38.1 Å². The Morgan fingerprint density at radius 3 is 2.96 bits per heavy atom. The van der Waals surface area contributed by atoms with Crippen molar-refractivity contribution in [3.8, 4) is 6.07 Å². The van der Waals surface area contributed by atoms with Crippen LogP contribution in [-0.4, -0.2) is 16.6 Å². The van der Waals surface area contributed by atoms with E-state index < -0.39 is 0 Å². The summed E-state index contributed by atoms with van der Waals surface area (Å²) in [5.41, 5.74) is 6.00. The molecule has 1 aromatic heterocycles. The van der Waals surface area contributed by atoms with E-state index in [9.17, 15) is 10.1 Å². The van der Waals surface area contributed by atoms with E-state index in [0.717, 1.165) is 46.8 Å². The number of carbonyl (C=O) groups is 1. The van der Waals surface area contributed by atoms with Crippen LogP contribution in [0.1, 0.15) is 47.7 Å². The second-order valence-electron chi connectivity index (χ2n) is 7.37. The molecule has 140 valence electrons. The van der Waals surface area contributed by atoms with E-state index in [-0.39, 0.29) is 5.91 Å². The molecule has 0 saturated heterocycles. The van der Waals surface area contributed by atoms with Crippen molar-refractivity contribution in [3.05, 3.63) is 52.2 Å². The lowest BCUT2D eigenvalue weighted by molar-refractivity contribution is -0.115. The minimum atomic E-state index is -0.0125. The van der Waals surface area contributed by atoms with Crippen LogP contribution in [0.5, 0.6) is 0 Å². The zero-order valence-corrected chi connectivity index (χ0v) is 16.9. The van der Waals surface area contributed by atoms with Crippen molar-refractivity contribution in [3.63, 3.8) is 0 Å². The summed E-state index contributed by atoms with van der Waals surface area (Å²) in [7, 11) is 0. The number of nitrogens with zero attached hydrogens (tertiary/aromatic N) is 2. The fourth-order valence-corrected chi connectivity index (χ4v) is 4.26. The molecular formula is C22H25N3OS. The lowest BCUT2D eigenvalue weighted by atomic mass is 9.87. The highest BCUT2D eigenvalue weighted by molar-refractivity contribution is 7.99. The highest BCUT2D eigenvalue weighted by Crippen LogP contribution is 2.29. The van der Waals surface area contributed by atoms with E-state index in [2.05, 4.69) is 18.3 Å². The Kier molecular flexibility index (Phi) is 6.18. The van der Waals surface area contributed by atoms with Gasteiger partial charge in [-0.25, -0.2) is 4.98 Å². The Labute approximate surface area is 165 Å². The van der Waals surface area contributed by atoms with Gasteiger partial charge in [0.1, 0.15) is 11.1 Å². The molecule has 1 atom stereocenters. The number of anilines is 1. The average Bonchev–Trinajstić information content (AvgIpc) is 2.64. The smallest absolute Gasteiger partial charge is 0.225 e. The van der Waals surface area contributed by atoms with Gasteiger partial charge in [0.2, 0.25) is 5.91 Å². The third-order valence-electron chi connectivity index (χ3n) is 4.95. The van der Waals surface area contributed by atoms with Crippen LogP contribution in [0.3, 0.4) is 0 Å². The zero-order valence-electron chi connectivity index (χ0n) is 16.1. The minimum absolute atomic E-state index is 0.0125. The molecule has 1 aliphatic carbocycles. The van der Waals surface area contributed by atoms with Gasteiger partial charge in [0.05, 0.1) is 5.56 Å². The largest absolute Gasteiger partial charge is 0.326 e. The molecule has 27 heavy (non-hydrogen) atoms. The van der Waals surface area contributed by atoms with Crippen molar-refractivity contribution in [1.29, 1.82) is 5.26 Å². The predicted octanol–water partition coefficient (Wildman–Crippen LogP) is 4.82. The second kappa shape index (κ2) is 8.58. The first-order valence-corrected chi connectivity index (χ1v) is 10.4. The maximum Gasteiger partial charge on any atom is 0.225 e. The number of amides is 1. The monoisotopic (exact) mass is 379 g/mol. The molecule has 1 heterocycles. The van der Waals surface area contributed by atoms with Crippen LogP contribution in [0, 0.1) is 31.1 Å². The van der Waals surface area contributed by atoms with Gasteiger partial charge in [-0.3, -0.25) is 4.79 Å². The third kappa shape index (κ3) is 4.90. The number of aryl methyl sites for hydroxylation is 3. The molecule has 4 nitrogen and oxygen atoms in total. The standard InChI is InChI=1S/C22H25N3OS/c1-14-5-7-19-17(10-14)12-18(13-23)22(25-19)27-9-8-21(26)24-20-11-15(2)4-6-16(20)3/h4,6,11-12,14H,5,7-10H2,1-3H3,(H,24,26). The van der Waals surface area contributed by atoms with Gasteiger partial charge in [0.25, 0.3) is 0 Å². The number of benzene rings is 1. The van der Waals surface area contributed by atoms with Crippen LogP contribution in [0.15, 0.2) is 29.3 Å². The highest BCUT2D eigenvalue weighted by Gasteiger charge is 2.19. The van der Waals surface area contributed by atoms with E-state index in [0.29, 0.717) is 23.7 Å². The van der Waals surface area contributed by atoms with Crippen molar-refractivity contribution >= 4 is 23.4 Å². The van der Waals surface area contributed by atoms with Crippen LogP contribution in [-0.2, 0) is 17.6 Å². The molecule has 0 spiro atoms. The number of nitriles is 1. The Hall–Kier alpha value is -2.32. The van der Waals surface area contributed by atoms with Gasteiger partial charge in [0, 0.05) is 23.6 Å². The van der Waals surface area contributed by atoms with E-state index in [1.165, 1.54) is 17.3 Å². The number of hydrogen-bond acceptors (Lipinski definition) is 4. The number of thioether (sulfide) groups is 1. The van der Waals surface area contributed by atoms with Crippen molar-refractivity contribution in [2.24, 2.45) is 5.92 Å². The molecule has 1 amide bonds. The first-order valence-electron chi connectivity index (χ1n) is 9.39. The van der Waals surface area contributed by atoms with Gasteiger partial charge in [-0.2, -0.15) is 5.26 Å². The number of hydrogen-bond donors (Lipinski definition) is 1. The first-order chi connectivity index (χ1) is 13.0. The van der Waals surface area contributed by atoms with Gasteiger partial charge >= 0.3 is 0 Å². The maximum absolute atomic E-state index is 12.3. The van der Waals surface area contributed by atoms with Crippen LogP contribution >= 0.6 is 11.8 Å². The summed E-state index contributed by atoms with van der Waals surface area (Å²) in [6.07, 6.45) is 3.51. The number of rotatable bonds is 5. The molecule has 5 heteroatoms. The van der Waals surface area contributed by atoms with Crippen LogP contribution in [0.4, 0.5) is 5.69 Å².